The maximum atomic E-state index is 10.5. The topological polar surface area (TPSA) is 163 Å². The number of carbonyl (C=O) groups is 9. The van der Waals surface area contributed by atoms with E-state index in [4.69, 9.17) is 104 Å². The van der Waals surface area contributed by atoms with Gasteiger partial charge in [0.2, 0.25) is 41.9 Å². The Morgan fingerprint density at radius 1 is 0.560 bits per heavy atom. The predicted molar refractivity (Wildman–Crippen MR) is 201 cm³/mol. The molecule has 0 aliphatic carbocycles. The van der Waals surface area contributed by atoms with Gasteiger partial charge in [-0.1, -0.05) is 44.2 Å². The highest BCUT2D eigenvalue weighted by atomic mass is 35.5. The summed E-state index contributed by atoms with van der Waals surface area (Å²) in [4.78, 5) is 90.8. The first-order valence-electron chi connectivity index (χ1n) is 14.3. The molecule has 0 bridgehead atoms. The highest BCUT2D eigenvalue weighted by molar-refractivity contribution is 6.67. The average Bonchev–Trinajstić information content (AvgIpc) is 3.02. The van der Waals surface area contributed by atoms with Gasteiger partial charge in [0.15, 0.2) is 0 Å². The molecule has 0 aliphatic heterocycles. The predicted octanol–water partition coefficient (Wildman–Crippen LogP) is 9.25. The van der Waals surface area contributed by atoms with Crippen molar-refractivity contribution in [3.05, 3.63) is 35.9 Å². The summed E-state index contributed by atoms with van der Waals surface area (Å²) in [7, 11) is 1.26. The molecule has 1 rings (SSSR count). The molecule has 10 nitrogen and oxygen atoms in total. The molecule has 0 spiro atoms. The largest absolute Gasteiger partial charge is 0.469 e. The molecular formula is C31H39Cl9O10. The van der Waals surface area contributed by atoms with E-state index in [0.717, 1.165) is 18.4 Å². The molecular weight excluding hydrogens is 851 g/mol. The summed E-state index contributed by atoms with van der Waals surface area (Å²) in [5.41, 5.74) is 1.15. The minimum absolute atomic E-state index is 0.0316. The number of halogens is 9. The van der Waals surface area contributed by atoms with E-state index in [9.17, 15) is 43.2 Å². The third kappa shape index (κ3) is 61.8. The molecule has 0 radical (unpaired) electrons. The van der Waals surface area contributed by atoms with E-state index < -0.39 is 38.1 Å². The molecule has 0 saturated carbocycles. The molecule has 0 saturated heterocycles. The average molecular weight is 891 g/mol. The summed E-state index contributed by atoms with van der Waals surface area (Å²) in [5.74, 6) is -0.502. The van der Waals surface area contributed by atoms with Crippen molar-refractivity contribution in [1.29, 1.82) is 0 Å². The van der Waals surface area contributed by atoms with Crippen LogP contribution in [0.15, 0.2) is 30.3 Å². The molecule has 1 unspecified atom stereocenters. The van der Waals surface area contributed by atoms with Crippen LogP contribution >= 0.6 is 104 Å². The summed E-state index contributed by atoms with van der Waals surface area (Å²) in [5, 5.41) is -3.45. The fourth-order valence-corrected chi connectivity index (χ4v) is 3.58. The molecule has 19 heteroatoms. The van der Waals surface area contributed by atoms with E-state index in [1.165, 1.54) is 7.11 Å². The number of ether oxygens (including phenoxy) is 1. The summed E-state index contributed by atoms with van der Waals surface area (Å²) in [6.07, 6.45) is 3.56. The highest BCUT2D eigenvalue weighted by Crippen LogP contribution is 2.13. The molecule has 1 aromatic carbocycles. The Balaban J connectivity index is -0.000000164. The standard InChI is InChI=1S/C9H9ClO.C6H8Cl2O2.C5H7ClO3.C4H4Cl2O2.C4H7ClO.C3H4Cl2O/c10-9(11)7-6-8-4-2-1-3-5-8;1-2-4(6(8)10)3-5(7)9;1-9-5(8)3-2-4(6)7;5-3(7)1-2-4(6)8;1-2-3-4(5)6;4-2-1-3(5)6/h1-5H,6-7H2;4H,2-3H2,1H3;2-3H2,1H3;1-2H2;2-3H2,1H3;1-2H2. The van der Waals surface area contributed by atoms with Crippen LogP contribution in [0, 0.1) is 5.92 Å². The lowest BCUT2D eigenvalue weighted by Crippen LogP contribution is -2.10. The zero-order valence-electron chi connectivity index (χ0n) is 27.4. The van der Waals surface area contributed by atoms with Crippen molar-refractivity contribution in [1.82, 2.24) is 0 Å². The second-order valence-electron chi connectivity index (χ2n) is 8.85. The van der Waals surface area contributed by atoms with Crippen LogP contribution in [0.4, 0.5) is 0 Å². The van der Waals surface area contributed by atoms with Gasteiger partial charge in [-0.3, -0.25) is 43.2 Å². The zero-order valence-corrected chi connectivity index (χ0v) is 34.2. The van der Waals surface area contributed by atoms with Gasteiger partial charge in [0.1, 0.15) is 0 Å². The van der Waals surface area contributed by atoms with E-state index in [1.54, 1.807) is 6.92 Å². The van der Waals surface area contributed by atoms with Crippen LogP contribution in [0.25, 0.3) is 0 Å². The number of hydrogen-bond donors (Lipinski definition) is 0. The van der Waals surface area contributed by atoms with Gasteiger partial charge in [0.25, 0.3) is 0 Å². The van der Waals surface area contributed by atoms with Gasteiger partial charge >= 0.3 is 5.97 Å². The number of methoxy groups -OCH3 is 1. The Labute approximate surface area is 337 Å². The van der Waals surface area contributed by atoms with Crippen LogP contribution in [-0.2, 0) is 54.3 Å². The minimum Gasteiger partial charge on any atom is -0.469 e. The SMILES string of the molecule is CCC(CC(=O)Cl)C(=O)Cl.CCCC(=O)Cl.COC(=O)CCC(=O)Cl.O=C(Cl)CCC(=O)Cl.O=C(Cl)CCCl.O=C(Cl)CCc1ccccc1. The molecule has 0 amide bonds. The fourth-order valence-electron chi connectivity index (χ4n) is 2.24. The number of esters is 1. The van der Waals surface area contributed by atoms with Crippen LogP contribution in [0.3, 0.4) is 0 Å². The Morgan fingerprint density at radius 2 is 0.960 bits per heavy atom. The molecule has 0 heterocycles. The van der Waals surface area contributed by atoms with Crippen molar-refractivity contribution >= 4 is 152 Å². The number of carbonyl (C=O) groups excluding carboxylic acids is 9. The fraction of sp³-hybridized carbons (Fsp3) is 0.516. The third-order valence-electron chi connectivity index (χ3n) is 4.68. The second kappa shape index (κ2) is 42.1. The van der Waals surface area contributed by atoms with Crippen molar-refractivity contribution in [2.24, 2.45) is 5.92 Å². The van der Waals surface area contributed by atoms with Crippen LogP contribution in [0.2, 0.25) is 0 Å². The van der Waals surface area contributed by atoms with E-state index in [2.05, 4.69) is 4.74 Å². The molecule has 0 aromatic heterocycles. The summed E-state index contributed by atoms with van der Waals surface area (Å²) in [6, 6.07) is 9.83. The monoisotopic (exact) mass is 886 g/mol. The Hall–Kier alpha value is -1.34. The number of alkyl halides is 1. The molecule has 50 heavy (non-hydrogen) atoms. The molecule has 1 atom stereocenters. The summed E-state index contributed by atoms with van der Waals surface area (Å²) >= 11 is 44.9. The van der Waals surface area contributed by atoms with Gasteiger partial charge in [-0.15, -0.1) is 11.6 Å². The highest BCUT2D eigenvalue weighted by Gasteiger charge is 2.16. The van der Waals surface area contributed by atoms with Crippen molar-refractivity contribution < 1.29 is 47.9 Å². The van der Waals surface area contributed by atoms with Crippen LogP contribution < -0.4 is 0 Å². The van der Waals surface area contributed by atoms with E-state index in [0.29, 0.717) is 25.1 Å². The zero-order chi connectivity index (χ0) is 40.1. The smallest absolute Gasteiger partial charge is 0.305 e. The maximum Gasteiger partial charge on any atom is 0.305 e. The van der Waals surface area contributed by atoms with E-state index in [-0.39, 0.29) is 54.3 Å². The van der Waals surface area contributed by atoms with Crippen molar-refractivity contribution in [3.63, 3.8) is 0 Å². The van der Waals surface area contributed by atoms with Gasteiger partial charge in [-0.05, 0) is 118 Å². The van der Waals surface area contributed by atoms with Gasteiger partial charge in [0.05, 0.1) is 13.5 Å². The molecule has 286 valence electrons. The van der Waals surface area contributed by atoms with Crippen LogP contribution in [0.1, 0.15) is 83.6 Å². The maximum absolute atomic E-state index is 10.5. The Morgan fingerprint density at radius 3 is 1.18 bits per heavy atom. The number of hydrogen-bond acceptors (Lipinski definition) is 10. The Kier molecular flexibility index (Phi) is 48.8. The van der Waals surface area contributed by atoms with Gasteiger partial charge in [-0.2, -0.15) is 0 Å². The summed E-state index contributed by atoms with van der Waals surface area (Å²) in [6.45, 7) is 3.70. The second-order valence-corrected chi connectivity index (χ2v) is 12.6. The Bertz CT molecular complexity index is 1120. The molecule has 0 aliphatic rings. The lowest BCUT2D eigenvalue weighted by atomic mass is 10.1. The van der Waals surface area contributed by atoms with Gasteiger partial charge in [-0.25, -0.2) is 0 Å². The molecule has 0 fully saturated rings. The quantitative estimate of drug-likeness (QED) is 0.0837. The minimum atomic E-state index is -0.529. The normalized spacial score (nSPS) is 9.60. The number of benzene rings is 1. The van der Waals surface area contributed by atoms with Gasteiger partial charge < -0.3 is 4.74 Å². The van der Waals surface area contributed by atoms with Gasteiger partial charge in [0, 0.05) is 56.7 Å². The summed E-state index contributed by atoms with van der Waals surface area (Å²) < 4.78 is 4.25. The molecule has 0 N–H and O–H groups in total. The third-order valence-corrected chi connectivity index (χ3v) is 6.47. The van der Waals surface area contributed by atoms with Crippen LogP contribution in [0.5, 0.6) is 0 Å². The van der Waals surface area contributed by atoms with Crippen LogP contribution in [-0.4, -0.2) is 60.9 Å². The van der Waals surface area contributed by atoms with E-state index >= 15 is 0 Å². The van der Waals surface area contributed by atoms with Crippen molar-refractivity contribution in [2.45, 2.75) is 84.5 Å². The van der Waals surface area contributed by atoms with Crippen molar-refractivity contribution in [2.75, 3.05) is 13.0 Å². The van der Waals surface area contributed by atoms with Crippen molar-refractivity contribution in [3.8, 4) is 0 Å². The number of rotatable bonds is 17. The first-order valence-corrected chi connectivity index (χ1v) is 17.9. The number of aryl methyl sites for hydroxylation is 1. The first kappa shape index (κ1) is 58.0. The lowest BCUT2D eigenvalue weighted by Gasteiger charge is -2.03. The first-order chi connectivity index (χ1) is 23.2. The molecule has 1 aromatic rings. The van der Waals surface area contributed by atoms with E-state index in [1.807, 2.05) is 37.3 Å². The lowest BCUT2D eigenvalue weighted by molar-refractivity contribution is -0.141.